The molecule has 0 aromatic heterocycles. The van der Waals surface area contributed by atoms with Crippen molar-refractivity contribution >= 4 is 27.8 Å². The first kappa shape index (κ1) is 17.8. The van der Waals surface area contributed by atoms with Gasteiger partial charge in [-0.1, -0.05) is 86.1 Å². The molecule has 4 rings (SSSR count). The monoisotopic (exact) mass is 339 g/mol. The Morgan fingerprint density at radius 3 is 1.85 bits per heavy atom. The van der Waals surface area contributed by atoms with Crippen LogP contribution in [0.2, 0.25) is 0 Å². The minimum Gasteiger partial charge on any atom is -0.310 e. The third-order valence-corrected chi connectivity index (χ3v) is 4.31. The molecule has 0 aliphatic rings. The SMILES string of the molecule is CC.Cc1ccc(N(c2ccccc2)c2cccc3ccccc23)cc1. The summed E-state index contributed by atoms with van der Waals surface area (Å²) in [5, 5.41) is 2.51. The van der Waals surface area contributed by atoms with Gasteiger partial charge in [0, 0.05) is 16.8 Å². The Hall–Kier alpha value is -3.06. The van der Waals surface area contributed by atoms with Gasteiger partial charge in [0.2, 0.25) is 0 Å². The maximum Gasteiger partial charge on any atom is 0.0540 e. The Kier molecular flexibility index (Phi) is 5.70. The van der Waals surface area contributed by atoms with Crippen LogP contribution in [0.5, 0.6) is 0 Å². The molecule has 0 N–H and O–H groups in total. The number of hydrogen-bond donors (Lipinski definition) is 0. The third kappa shape index (κ3) is 3.62. The fraction of sp³-hybridized carbons (Fsp3) is 0.120. The molecular formula is C25H25N. The molecule has 1 heteroatoms. The van der Waals surface area contributed by atoms with Crippen LogP contribution in [0.3, 0.4) is 0 Å². The molecule has 0 fully saturated rings. The van der Waals surface area contributed by atoms with Crippen molar-refractivity contribution in [1.29, 1.82) is 0 Å². The molecule has 4 aromatic rings. The molecule has 0 atom stereocenters. The fourth-order valence-corrected chi connectivity index (χ4v) is 3.10. The number of rotatable bonds is 3. The lowest BCUT2D eigenvalue weighted by atomic mass is 10.1. The number of nitrogens with zero attached hydrogens (tertiary/aromatic N) is 1. The highest BCUT2D eigenvalue weighted by molar-refractivity contribution is 5.98. The summed E-state index contributed by atoms with van der Waals surface area (Å²) in [7, 11) is 0. The molecule has 0 radical (unpaired) electrons. The van der Waals surface area contributed by atoms with Crippen LogP contribution in [0.4, 0.5) is 17.1 Å². The van der Waals surface area contributed by atoms with E-state index >= 15 is 0 Å². The summed E-state index contributed by atoms with van der Waals surface area (Å²) in [6.45, 7) is 6.12. The van der Waals surface area contributed by atoms with Gasteiger partial charge in [0.15, 0.2) is 0 Å². The first-order chi connectivity index (χ1) is 12.8. The van der Waals surface area contributed by atoms with Gasteiger partial charge in [-0.15, -0.1) is 0 Å². The van der Waals surface area contributed by atoms with Crippen LogP contribution >= 0.6 is 0 Å². The molecule has 26 heavy (non-hydrogen) atoms. The second kappa shape index (κ2) is 8.35. The van der Waals surface area contributed by atoms with E-state index in [0.717, 1.165) is 5.69 Å². The molecule has 0 aliphatic heterocycles. The van der Waals surface area contributed by atoms with Crippen molar-refractivity contribution in [3.05, 3.63) is 103 Å². The predicted molar refractivity (Wildman–Crippen MR) is 115 cm³/mol. The van der Waals surface area contributed by atoms with E-state index in [9.17, 15) is 0 Å². The number of hydrogen-bond acceptors (Lipinski definition) is 1. The van der Waals surface area contributed by atoms with Gasteiger partial charge < -0.3 is 4.90 Å². The van der Waals surface area contributed by atoms with E-state index in [1.807, 2.05) is 13.8 Å². The Morgan fingerprint density at radius 1 is 0.538 bits per heavy atom. The number of aryl methyl sites for hydroxylation is 1. The molecule has 0 bridgehead atoms. The quantitative estimate of drug-likeness (QED) is 0.370. The van der Waals surface area contributed by atoms with Crippen molar-refractivity contribution in [2.24, 2.45) is 0 Å². The van der Waals surface area contributed by atoms with Gasteiger partial charge in [-0.2, -0.15) is 0 Å². The van der Waals surface area contributed by atoms with Gasteiger partial charge in [0.1, 0.15) is 0 Å². The lowest BCUT2D eigenvalue weighted by Crippen LogP contribution is -2.10. The van der Waals surface area contributed by atoms with E-state index in [2.05, 4.69) is 109 Å². The van der Waals surface area contributed by atoms with Crippen molar-refractivity contribution in [3.63, 3.8) is 0 Å². The molecule has 0 amide bonds. The number of anilines is 3. The van der Waals surface area contributed by atoms with Gasteiger partial charge >= 0.3 is 0 Å². The molecule has 0 saturated carbocycles. The van der Waals surface area contributed by atoms with Crippen LogP contribution in [0.25, 0.3) is 10.8 Å². The second-order valence-electron chi connectivity index (χ2n) is 6.00. The molecule has 0 heterocycles. The van der Waals surface area contributed by atoms with Gasteiger partial charge in [0.05, 0.1) is 5.69 Å². The summed E-state index contributed by atoms with van der Waals surface area (Å²) in [4.78, 5) is 2.32. The Balaban J connectivity index is 0.000000948. The molecule has 130 valence electrons. The van der Waals surface area contributed by atoms with E-state index in [4.69, 9.17) is 0 Å². The van der Waals surface area contributed by atoms with E-state index in [1.165, 1.54) is 27.7 Å². The predicted octanol–water partition coefficient (Wildman–Crippen LogP) is 7.64. The van der Waals surface area contributed by atoms with Gasteiger partial charge in [-0.3, -0.25) is 0 Å². The highest BCUT2D eigenvalue weighted by Gasteiger charge is 2.14. The molecule has 0 unspecified atom stereocenters. The Morgan fingerprint density at radius 2 is 1.12 bits per heavy atom. The Labute approximate surface area is 156 Å². The minimum absolute atomic E-state index is 1.16. The van der Waals surface area contributed by atoms with Crippen LogP contribution < -0.4 is 4.90 Å². The summed E-state index contributed by atoms with van der Waals surface area (Å²) in [5.74, 6) is 0. The summed E-state index contributed by atoms with van der Waals surface area (Å²) in [6, 6.07) is 34.3. The van der Waals surface area contributed by atoms with Gasteiger partial charge in [0.25, 0.3) is 0 Å². The van der Waals surface area contributed by atoms with E-state index < -0.39 is 0 Å². The van der Waals surface area contributed by atoms with Crippen LogP contribution in [0.15, 0.2) is 97.1 Å². The normalized spacial score (nSPS) is 10.1. The zero-order chi connectivity index (χ0) is 18.4. The number of fused-ring (bicyclic) bond motifs is 1. The molecular weight excluding hydrogens is 314 g/mol. The molecule has 4 aromatic carbocycles. The summed E-state index contributed by atoms with van der Waals surface area (Å²) < 4.78 is 0. The first-order valence-corrected chi connectivity index (χ1v) is 9.22. The zero-order valence-electron chi connectivity index (χ0n) is 15.7. The molecule has 0 aliphatic carbocycles. The van der Waals surface area contributed by atoms with Crippen molar-refractivity contribution in [2.45, 2.75) is 20.8 Å². The lowest BCUT2D eigenvalue weighted by Gasteiger charge is -2.26. The van der Waals surface area contributed by atoms with Crippen molar-refractivity contribution < 1.29 is 0 Å². The highest BCUT2D eigenvalue weighted by atomic mass is 15.1. The second-order valence-corrected chi connectivity index (χ2v) is 6.00. The minimum atomic E-state index is 1.16. The van der Waals surface area contributed by atoms with E-state index in [0.29, 0.717) is 0 Å². The summed E-state index contributed by atoms with van der Waals surface area (Å²) >= 11 is 0. The zero-order valence-corrected chi connectivity index (χ0v) is 15.7. The van der Waals surface area contributed by atoms with Crippen LogP contribution in [-0.4, -0.2) is 0 Å². The average molecular weight is 339 g/mol. The summed E-state index contributed by atoms with van der Waals surface area (Å²) in [6.07, 6.45) is 0. The maximum atomic E-state index is 2.32. The topological polar surface area (TPSA) is 3.24 Å². The fourth-order valence-electron chi connectivity index (χ4n) is 3.10. The smallest absolute Gasteiger partial charge is 0.0540 e. The Bertz CT molecular complexity index is 951. The number of para-hydroxylation sites is 1. The van der Waals surface area contributed by atoms with Crippen molar-refractivity contribution in [1.82, 2.24) is 0 Å². The molecule has 0 saturated heterocycles. The van der Waals surface area contributed by atoms with E-state index in [1.54, 1.807) is 0 Å². The van der Waals surface area contributed by atoms with Gasteiger partial charge in [-0.25, -0.2) is 0 Å². The van der Waals surface area contributed by atoms with Crippen LogP contribution in [-0.2, 0) is 0 Å². The molecule has 0 spiro atoms. The number of benzene rings is 4. The largest absolute Gasteiger partial charge is 0.310 e. The molecule has 1 nitrogen and oxygen atoms in total. The first-order valence-electron chi connectivity index (χ1n) is 9.22. The third-order valence-electron chi connectivity index (χ3n) is 4.31. The highest BCUT2D eigenvalue weighted by Crippen LogP contribution is 2.38. The van der Waals surface area contributed by atoms with Crippen molar-refractivity contribution in [3.8, 4) is 0 Å². The average Bonchev–Trinajstić information content (AvgIpc) is 2.72. The standard InChI is InChI=1S/C23H19N.C2H6/c1-18-14-16-21(17-15-18)24(20-10-3-2-4-11-20)23-13-7-9-19-8-5-6-12-22(19)23;1-2/h2-17H,1H3;1-2H3. The van der Waals surface area contributed by atoms with Crippen molar-refractivity contribution in [2.75, 3.05) is 4.90 Å². The lowest BCUT2D eigenvalue weighted by molar-refractivity contribution is 1.29. The van der Waals surface area contributed by atoms with Crippen LogP contribution in [0.1, 0.15) is 19.4 Å². The maximum absolute atomic E-state index is 2.32. The summed E-state index contributed by atoms with van der Waals surface area (Å²) in [5.41, 5.74) is 4.80. The van der Waals surface area contributed by atoms with E-state index in [-0.39, 0.29) is 0 Å². The van der Waals surface area contributed by atoms with Crippen LogP contribution in [0, 0.1) is 6.92 Å². The van der Waals surface area contributed by atoms with Gasteiger partial charge in [-0.05, 0) is 42.6 Å².